The molecule has 1 aromatic carbocycles. The van der Waals surface area contributed by atoms with Crippen LogP contribution in [0, 0.1) is 13.8 Å². The molecule has 0 amide bonds. The third kappa shape index (κ3) is 4.27. The highest BCUT2D eigenvalue weighted by Gasteiger charge is 2.22. The number of likely N-dealkylation sites (N-methyl/N-ethyl adjacent to an activating group) is 1. The molecule has 0 N–H and O–H groups in total. The summed E-state index contributed by atoms with van der Waals surface area (Å²) in [7, 11) is 5.13. The van der Waals surface area contributed by atoms with Crippen molar-refractivity contribution in [1.29, 1.82) is 0 Å². The third-order valence-electron chi connectivity index (χ3n) is 4.94. The molecule has 0 fully saturated rings. The molecule has 1 heterocycles. The highest BCUT2D eigenvalue weighted by atomic mass is 32.1. The molecule has 2 unspecified atom stereocenters. The number of aryl methyl sites for hydroxylation is 2. The molecule has 2 rings (SSSR count). The van der Waals surface area contributed by atoms with Crippen molar-refractivity contribution in [2.75, 3.05) is 21.3 Å². The molecule has 5 heteroatoms. The van der Waals surface area contributed by atoms with Crippen molar-refractivity contribution in [1.82, 2.24) is 4.90 Å². The van der Waals surface area contributed by atoms with Crippen LogP contribution in [0.1, 0.15) is 41.5 Å². The summed E-state index contributed by atoms with van der Waals surface area (Å²) >= 11 is 1.84. The number of hydrogen-bond donors (Lipinski definition) is 0. The number of thiophene rings is 1. The lowest BCUT2D eigenvalue weighted by Crippen LogP contribution is -2.26. The topological polar surface area (TPSA) is 38.8 Å². The molecule has 4 nitrogen and oxygen atoms in total. The first-order valence-corrected chi connectivity index (χ1v) is 9.64. The first-order valence-electron chi connectivity index (χ1n) is 8.82. The van der Waals surface area contributed by atoms with Gasteiger partial charge in [0, 0.05) is 42.1 Å². The lowest BCUT2D eigenvalue weighted by Gasteiger charge is -2.24. The number of benzene rings is 1. The number of carbonyl (C=O) groups excluding carboxylic acids is 1. The van der Waals surface area contributed by atoms with Crippen molar-refractivity contribution in [3.8, 4) is 0 Å². The van der Waals surface area contributed by atoms with Crippen LogP contribution < -0.4 is 0 Å². The predicted molar refractivity (Wildman–Crippen MR) is 109 cm³/mol. The monoisotopic (exact) mass is 375 g/mol. The first kappa shape index (κ1) is 20.5. The number of carbonyl (C=O) groups is 1. The van der Waals surface area contributed by atoms with Crippen molar-refractivity contribution in [3.63, 3.8) is 0 Å². The smallest absolute Gasteiger partial charge is 0.331 e. The van der Waals surface area contributed by atoms with Gasteiger partial charge in [0.05, 0.1) is 13.2 Å². The molecule has 0 aliphatic rings. The Morgan fingerprint density at radius 3 is 2.50 bits per heavy atom. The zero-order valence-electron chi connectivity index (χ0n) is 16.8. The Morgan fingerprint density at radius 1 is 1.23 bits per heavy atom. The van der Waals surface area contributed by atoms with Gasteiger partial charge >= 0.3 is 5.97 Å². The molecule has 0 bridgehead atoms. The van der Waals surface area contributed by atoms with Crippen molar-refractivity contribution >= 4 is 27.4 Å². The number of fused-ring (bicyclic) bond motifs is 1. The zero-order valence-corrected chi connectivity index (χ0v) is 17.6. The van der Waals surface area contributed by atoms with E-state index in [2.05, 4.69) is 44.6 Å². The Morgan fingerprint density at radius 2 is 1.88 bits per heavy atom. The second-order valence-corrected chi connectivity index (χ2v) is 7.84. The van der Waals surface area contributed by atoms with Gasteiger partial charge in [-0.15, -0.1) is 11.3 Å². The van der Waals surface area contributed by atoms with Crippen LogP contribution in [-0.4, -0.2) is 38.2 Å². The molecule has 0 radical (unpaired) electrons. The summed E-state index contributed by atoms with van der Waals surface area (Å²) in [6, 6.07) is 4.62. The Labute approximate surface area is 160 Å². The summed E-state index contributed by atoms with van der Waals surface area (Å²) in [4.78, 5) is 14.7. The normalized spacial score (nSPS) is 14.0. The van der Waals surface area contributed by atoms with Crippen LogP contribution in [0.5, 0.6) is 0 Å². The highest BCUT2D eigenvalue weighted by Crippen LogP contribution is 2.40. The fourth-order valence-corrected chi connectivity index (χ4v) is 4.46. The average Bonchev–Trinajstić information content (AvgIpc) is 3.02. The van der Waals surface area contributed by atoms with Gasteiger partial charge in [-0.25, -0.2) is 4.79 Å². The summed E-state index contributed by atoms with van der Waals surface area (Å²) < 4.78 is 11.7. The highest BCUT2D eigenvalue weighted by molar-refractivity contribution is 7.19. The minimum Gasteiger partial charge on any atom is -0.466 e. The Balaban J connectivity index is 2.42. The number of rotatable bonds is 7. The zero-order chi connectivity index (χ0) is 19.4. The van der Waals surface area contributed by atoms with Crippen LogP contribution in [0.2, 0.25) is 0 Å². The van der Waals surface area contributed by atoms with E-state index in [0.29, 0.717) is 0 Å². The van der Waals surface area contributed by atoms with Gasteiger partial charge in [-0.05, 0) is 56.2 Å². The molecule has 0 spiro atoms. The minimum absolute atomic E-state index is 0.0596. The van der Waals surface area contributed by atoms with Gasteiger partial charge in [0.25, 0.3) is 0 Å². The van der Waals surface area contributed by atoms with Gasteiger partial charge in [-0.3, -0.25) is 0 Å². The third-order valence-corrected chi connectivity index (χ3v) is 6.47. The van der Waals surface area contributed by atoms with Crippen LogP contribution in [0.4, 0.5) is 0 Å². The van der Waals surface area contributed by atoms with Gasteiger partial charge in [0.15, 0.2) is 0 Å². The number of hydrogen-bond acceptors (Lipinski definition) is 5. The van der Waals surface area contributed by atoms with E-state index in [0.717, 1.165) is 6.42 Å². The largest absolute Gasteiger partial charge is 0.466 e. The Kier molecular flexibility index (Phi) is 6.84. The van der Waals surface area contributed by atoms with E-state index in [1.807, 2.05) is 23.3 Å². The Hall–Kier alpha value is -1.85. The van der Waals surface area contributed by atoms with Gasteiger partial charge in [-0.1, -0.05) is 12.1 Å². The van der Waals surface area contributed by atoms with Crippen LogP contribution >= 0.6 is 11.3 Å². The summed E-state index contributed by atoms with van der Waals surface area (Å²) in [5.74, 6) is -0.342. The molecule has 0 saturated carbocycles. The van der Waals surface area contributed by atoms with E-state index in [-0.39, 0.29) is 18.1 Å². The molecule has 2 atom stereocenters. The fraction of sp³-hybridized carbons (Fsp3) is 0.476. The van der Waals surface area contributed by atoms with Crippen molar-refractivity contribution < 1.29 is 14.3 Å². The molecule has 0 saturated heterocycles. The lowest BCUT2D eigenvalue weighted by atomic mass is 9.97. The first-order chi connectivity index (χ1) is 12.3. The molecular formula is C21H29NO3S. The van der Waals surface area contributed by atoms with Crippen LogP contribution in [0.15, 0.2) is 24.4 Å². The van der Waals surface area contributed by atoms with Crippen LogP contribution in [-0.2, 0) is 20.7 Å². The second-order valence-electron chi connectivity index (χ2n) is 6.78. The van der Waals surface area contributed by atoms with Crippen LogP contribution in [0.25, 0.3) is 10.1 Å². The van der Waals surface area contributed by atoms with E-state index < -0.39 is 0 Å². The second kappa shape index (κ2) is 8.69. The molecule has 26 heavy (non-hydrogen) atoms. The number of methoxy groups -OCH3 is 2. The van der Waals surface area contributed by atoms with Crippen molar-refractivity contribution in [3.05, 3.63) is 46.0 Å². The maximum absolute atomic E-state index is 11.3. The van der Waals surface area contributed by atoms with E-state index in [4.69, 9.17) is 4.74 Å². The molecular weight excluding hydrogens is 346 g/mol. The van der Waals surface area contributed by atoms with Crippen molar-refractivity contribution in [2.24, 2.45) is 0 Å². The van der Waals surface area contributed by atoms with Crippen LogP contribution in [0.3, 0.4) is 0 Å². The molecule has 0 aliphatic heterocycles. The predicted octanol–water partition coefficient (Wildman–Crippen LogP) is 4.78. The number of esters is 1. The molecule has 0 aliphatic carbocycles. The van der Waals surface area contributed by atoms with E-state index in [9.17, 15) is 4.79 Å². The maximum atomic E-state index is 11.3. The lowest BCUT2D eigenvalue weighted by molar-refractivity contribution is -0.134. The standard InChI is InChI=1S/C21H29NO3S/c1-13-8-9-14(2)20-19(13)17(21(26-20)16(4)24-6)12-15(3)22(5)11-10-18(23)25-7/h8-11,15-16H,12H2,1-7H3/b11-10+. The van der Waals surface area contributed by atoms with Gasteiger partial charge in [-0.2, -0.15) is 0 Å². The summed E-state index contributed by atoms with van der Waals surface area (Å²) in [5, 5.41) is 1.35. The SMILES string of the molecule is COC(=O)/C=C/N(C)C(C)Cc1c(C(C)OC)sc2c(C)ccc(C)c12. The Bertz CT molecular complexity index is 809. The fourth-order valence-electron chi connectivity index (χ4n) is 3.06. The molecule has 2 aromatic rings. The summed E-state index contributed by atoms with van der Waals surface area (Å²) in [6.45, 7) is 8.60. The van der Waals surface area contributed by atoms with E-state index in [1.54, 1.807) is 13.3 Å². The number of ether oxygens (including phenoxy) is 2. The summed E-state index contributed by atoms with van der Waals surface area (Å²) in [6.07, 6.45) is 4.18. The van der Waals surface area contributed by atoms with Gasteiger partial charge in [0.2, 0.25) is 0 Å². The van der Waals surface area contributed by atoms with E-state index >= 15 is 0 Å². The summed E-state index contributed by atoms with van der Waals surface area (Å²) in [5.41, 5.74) is 3.95. The van der Waals surface area contributed by atoms with Gasteiger partial charge < -0.3 is 14.4 Å². The quantitative estimate of drug-likeness (QED) is 0.516. The van der Waals surface area contributed by atoms with Crippen molar-refractivity contribution in [2.45, 2.75) is 46.3 Å². The maximum Gasteiger partial charge on any atom is 0.331 e. The minimum atomic E-state index is -0.342. The molecule has 1 aromatic heterocycles. The number of nitrogens with zero attached hydrogens (tertiary/aromatic N) is 1. The van der Waals surface area contributed by atoms with E-state index in [1.165, 1.54) is 44.8 Å². The molecule has 142 valence electrons. The average molecular weight is 376 g/mol. The van der Waals surface area contributed by atoms with Gasteiger partial charge in [0.1, 0.15) is 0 Å².